The molecule has 0 aliphatic rings. The maximum absolute atomic E-state index is 8.88. The van der Waals surface area contributed by atoms with E-state index in [9.17, 15) is 0 Å². The van der Waals surface area contributed by atoms with Crippen molar-refractivity contribution in [2.75, 3.05) is 0 Å². The SMILES string of the molecule is Cc1nc(Cl)c(C#N)c(C)c1[C@@H](C)N. The van der Waals surface area contributed by atoms with Crippen molar-refractivity contribution in [2.45, 2.75) is 26.8 Å². The van der Waals surface area contributed by atoms with Gasteiger partial charge in [-0.05, 0) is 31.9 Å². The maximum atomic E-state index is 8.88. The van der Waals surface area contributed by atoms with Crippen LogP contribution in [0.4, 0.5) is 0 Å². The van der Waals surface area contributed by atoms with Crippen LogP contribution in [-0.2, 0) is 0 Å². The second-order valence-electron chi connectivity index (χ2n) is 3.30. The summed E-state index contributed by atoms with van der Waals surface area (Å²) < 4.78 is 0. The van der Waals surface area contributed by atoms with E-state index in [-0.39, 0.29) is 11.2 Å². The first kappa shape index (κ1) is 11.0. The average Bonchev–Trinajstić information content (AvgIpc) is 2.02. The van der Waals surface area contributed by atoms with Gasteiger partial charge in [-0.25, -0.2) is 4.98 Å². The van der Waals surface area contributed by atoms with Crippen molar-refractivity contribution in [2.24, 2.45) is 5.73 Å². The van der Waals surface area contributed by atoms with Gasteiger partial charge in [0, 0.05) is 11.7 Å². The van der Waals surface area contributed by atoms with Crippen molar-refractivity contribution in [1.29, 1.82) is 5.26 Å². The van der Waals surface area contributed by atoms with Crippen LogP contribution < -0.4 is 5.73 Å². The van der Waals surface area contributed by atoms with Gasteiger partial charge in [-0.3, -0.25) is 0 Å². The first-order valence-electron chi connectivity index (χ1n) is 4.31. The molecule has 0 radical (unpaired) electrons. The van der Waals surface area contributed by atoms with Crippen molar-refractivity contribution in [3.05, 3.63) is 27.5 Å². The van der Waals surface area contributed by atoms with E-state index in [4.69, 9.17) is 22.6 Å². The zero-order chi connectivity index (χ0) is 10.9. The summed E-state index contributed by atoms with van der Waals surface area (Å²) in [6, 6.07) is 1.90. The van der Waals surface area contributed by atoms with Gasteiger partial charge in [0.15, 0.2) is 0 Å². The van der Waals surface area contributed by atoms with E-state index >= 15 is 0 Å². The minimum absolute atomic E-state index is 0.133. The highest BCUT2D eigenvalue weighted by Gasteiger charge is 2.15. The summed E-state index contributed by atoms with van der Waals surface area (Å²) in [5.74, 6) is 0. The summed E-state index contributed by atoms with van der Waals surface area (Å²) in [6.45, 7) is 5.56. The topological polar surface area (TPSA) is 62.7 Å². The summed E-state index contributed by atoms with van der Waals surface area (Å²) >= 11 is 5.84. The van der Waals surface area contributed by atoms with Crippen LogP contribution in [0.2, 0.25) is 5.15 Å². The van der Waals surface area contributed by atoms with Crippen molar-refractivity contribution in [3.63, 3.8) is 0 Å². The van der Waals surface area contributed by atoms with Gasteiger partial charge in [-0.15, -0.1) is 0 Å². The second kappa shape index (κ2) is 3.95. The Morgan fingerprint density at radius 3 is 2.50 bits per heavy atom. The van der Waals surface area contributed by atoms with Gasteiger partial charge in [0.05, 0.1) is 5.56 Å². The number of aromatic nitrogens is 1. The number of nitrogens with zero attached hydrogens (tertiary/aromatic N) is 2. The first-order chi connectivity index (χ1) is 6.49. The molecule has 0 saturated carbocycles. The van der Waals surface area contributed by atoms with Gasteiger partial charge in [-0.2, -0.15) is 5.26 Å². The number of aryl methyl sites for hydroxylation is 1. The minimum Gasteiger partial charge on any atom is -0.324 e. The Hall–Kier alpha value is -1.11. The fourth-order valence-electron chi connectivity index (χ4n) is 1.63. The van der Waals surface area contributed by atoms with Crippen LogP contribution >= 0.6 is 11.6 Å². The van der Waals surface area contributed by atoms with Crippen molar-refractivity contribution in [3.8, 4) is 6.07 Å². The predicted molar refractivity (Wildman–Crippen MR) is 56.0 cm³/mol. The van der Waals surface area contributed by atoms with Crippen LogP contribution in [0.25, 0.3) is 0 Å². The van der Waals surface area contributed by atoms with Crippen LogP contribution in [0.15, 0.2) is 0 Å². The molecular formula is C10H12ClN3. The van der Waals surface area contributed by atoms with Crippen LogP contribution in [0, 0.1) is 25.2 Å². The molecule has 0 fully saturated rings. The van der Waals surface area contributed by atoms with E-state index in [1.165, 1.54) is 0 Å². The Morgan fingerprint density at radius 2 is 2.07 bits per heavy atom. The third-order valence-corrected chi connectivity index (χ3v) is 2.48. The lowest BCUT2D eigenvalue weighted by atomic mass is 9.98. The molecule has 0 bridgehead atoms. The van der Waals surface area contributed by atoms with Crippen LogP contribution in [-0.4, -0.2) is 4.98 Å². The predicted octanol–water partition coefficient (Wildman–Crippen LogP) is 2.24. The van der Waals surface area contributed by atoms with Crippen molar-refractivity contribution < 1.29 is 0 Å². The molecule has 14 heavy (non-hydrogen) atoms. The molecule has 0 amide bonds. The highest BCUT2D eigenvalue weighted by atomic mass is 35.5. The first-order valence-corrected chi connectivity index (χ1v) is 4.69. The summed E-state index contributed by atoms with van der Waals surface area (Å²) in [7, 11) is 0. The number of hydrogen-bond acceptors (Lipinski definition) is 3. The Bertz CT molecular complexity index is 405. The van der Waals surface area contributed by atoms with Gasteiger partial charge >= 0.3 is 0 Å². The van der Waals surface area contributed by atoms with Crippen LogP contribution in [0.3, 0.4) is 0 Å². The zero-order valence-corrected chi connectivity index (χ0v) is 9.18. The molecule has 1 atom stereocenters. The smallest absolute Gasteiger partial charge is 0.147 e. The van der Waals surface area contributed by atoms with Gasteiger partial charge in [-0.1, -0.05) is 11.6 Å². The summed E-state index contributed by atoms with van der Waals surface area (Å²) in [5, 5.41) is 9.14. The quantitative estimate of drug-likeness (QED) is 0.722. The van der Waals surface area contributed by atoms with Gasteiger partial charge in [0.2, 0.25) is 0 Å². The fourth-order valence-corrected chi connectivity index (χ4v) is 1.94. The largest absolute Gasteiger partial charge is 0.324 e. The fraction of sp³-hybridized carbons (Fsp3) is 0.400. The Kier molecular flexibility index (Phi) is 3.10. The standard InChI is InChI=1S/C10H12ClN3/c1-5-8(4-12)10(11)14-7(3)9(5)6(2)13/h6H,13H2,1-3H3/t6-/m1/s1. The highest BCUT2D eigenvalue weighted by Crippen LogP contribution is 2.25. The molecule has 1 rings (SSSR count). The molecule has 0 unspecified atom stereocenters. The molecule has 3 nitrogen and oxygen atoms in total. The normalized spacial score (nSPS) is 12.3. The maximum Gasteiger partial charge on any atom is 0.147 e. The zero-order valence-electron chi connectivity index (χ0n) is 8.43. The molecule has 74 valence electrons. The lowest BCUT2D eigenvalue weighted by Gasteiger charge is -2.14. The third-order valence-electron chi connectivity index (χ3n) is 2.21. The molecule has 4 heteroatoms. The molecule has 1 heterocycles. The molecule has 0 spiro atoms. The van der Waals surface area contributed by atoms with Crippen LogP contribution in [0.1, 0.15) is 35.3 Å². The average molecular weight is 210 g/mol. The molecule has 0 aromatic carbocycles. The van der Waals surface area contributed by atoms with E-state index in [0.29, 0.717) is 5.56 Å². The summed E-state index contributed by atoms with van der Waals surface area (Å²) in [5.41, 5.74) is 8.75. The minimum atomic E-state index is -0.133. The molecule has 1 aromatic heterocycles. The van der Waals surface area contributed by atoms with E-state index in [1.807, 2.05) is 26.8 Å². The Labute approximate surface area is 88.5 Å². The van der Waals surface area contributed by atoms with E-state index < -0.39 is 0 Å². The van der Waals surface area contributed by atoms with E-state index in [1.54, 1.807) is 0 Å². The molecule has 0 aliphatic carbocycles. The highest BCUT2D eigenvalue weighted by molar-refractivity contribution is 6.30. The number of pyridine rings is 1. The molecule has 0 aliphatic heterocycles. The number of nitrogens with two attached hydrogens (primary N) is 1. The molecule has 2 N–H and O–H groups in total. The third kappa shape index (κ3) is 1.72. The monoisotopic (exact) mass is 209 g/mol. The lowest BCUT2D eigenvalue weighted by Crippen LogP contribution is -2.11. The van der Waals surface area contributed by atoms with E-state index in [0.717, 1.165) is 16.8 Å². The van der Waals surface area contributed by atoms with Gasteiger partial charge in [0.1, 0.15) is 11.2 Å². The van der Waals surface area contributed by atoms with Gasteiger partial charge < -0.3 is 5.73 Å². The summed E-state index contributed by atoms with van der Waals surface area (Å²) in [6.07, 6.45) is 0. The number of halogens is 1. The second-order valence-corrected chi connectivity index (χ2v) is 3.66. The Balaban J connectivity index is 3.54. The molecule has 1 aromatic rings. The van der Waals surface area contributed by atoms with Crippen molar-refractivity contribution in [1.82, 2.24) is 4.98 Å². The van der Waals surface area contributed by atoms with Crippen LogP contribution in [0.5, 0.6) is 0 Å². The number of hydrogen-bond donors (Lipinski definition) is 1. The van der Waals surface area contributed by atoms with Crippen molar-refractivity contribution >= 4 is 11.6 Å². The number of nitriles is 1. The lowest BCUT2D eigenvalue weighted by molar-refractivity contribution is 0.789. The summed E-state index contributed by atoms with van der Waals surface area (Å²) in [4.78, 5) is 4.09. The van der Waals surface area contributed by atoms with Gasteiger partial charge in [0.25, 0.3) is 0 Å². The van der Waals surface area contributed by atoms with E-state index in [2.05, 4.69) is 4.98 Å². The number of rotatable bonds is 1. The molecule has 0 saturated heterocycles. The Morgan fingerprint density at radius 1 is 1.50 bits per heavy atom. The molecular weight excluding hydrogens is 198 g/mol.